The molecular weight excluding hydrogens is 176 g/mol. The van der Waals surface area contributed by atoms with Gasteiger partial charge in [0.2, 0.25) is 0 Å². The van der Waals surface area contributed by atoms with E-state index >= 15 is 0 Å². The highest BCUT2D eigenvalue weighted by atomic mass is 35.5. The number of hydrogen-bond acceptors (Lipinski definition) is 3. The third kappa shape index (κ3) is 2.12. The summed E-state index contributed by atoms with van der Waals surface area (Å²) >= 11 is 5.57. The van der Waals surface area contributed by atoms with Crippen molar-refractivity contribution in [2.24, 2.45) is 5.73 Å². The summed E-state index contributed by atoms with van der Waals surface area (Å²) in [6.07, 6.45) is 0. The van der Waals surface area contributed by atoms with Crippen LogP contribution in [-0.2, 0) is 0 Å². The van der Waals surface area contributed by atoms with Gasteiger partial charge in [0.05, 0.1) is 6.54 Å². The van der Waals surface area contributed by atoms with Crippen molar-refractivity contribution in [3.05, 3.63) is 23.0 Å². The molecule has 0 saturated heterocycles. The highest BCUT2D eigenvalue weighted by molar-refractivity contribution is 6.29. The number of aromatic hydroxyl groups is 1. The topological polar surface area (TPSA) is 59.1 Å². The average Bonchev–Trinajstić information content (AvgIpc) is 2.07. The molecule has 0 saturated carbocycles. The van der Waals surface area contributed by atoms with Crippen LogP contribution < -0.4 is 5.73 Å². The van der Waals surface area contributed by atoms with Crippen molar-refractivity contribution in [2.45, 2.75) is 0 Å². The van der Waals surface area contributed by atoms with E-state index in [1.807, 2.05) is 0 Å². The van der Waals surface area contributed by atoms with Crippen molar-refractivity contribution in [3.8, 4) is 17.6 Å². The van der Waals surface area contributed by atoms with Gasteiger partial charge in [-0.05, 0) is 18.1 Å². The molecule has 3 N–H and O–H groups in total. The predicted molar refractivity (Wildman–Crippen MR) is 46.8 cm³/mol. The summed E-state index contributed by atoms with van der Waals surface area (Å²) in [7, 11) is 0. The molecule has 0 atom stereocenters. The van der Waals surface area contributed by atoms with E-state index < -0.39 is 0 Å². The van der Waals surface area contributed by atoms with E-state index in [1.165, 1.54) is 12.1 Å². The Morgan fingerprint density at radius 1 is 1.58 bits per heavy atom. The lowest BCUT2D eigenvalue weighted by molar-refractivity contribution is 0.471. The van der Waals surface area contributed by atoms with Gasteiger partial charge in [0.15, 0.2) is 5.69 Å². The maximum Gasteiger partial charge on any atom is 0.156 e. The van der Waals surface area contributed by atoms with Gasteiger partial charge in [-0.2, -0.15) is 0 Å². The number of pyridine rings is 1. The fourth-order valence-electron chi connectivity index (χ4n) is 0.655. The van der Waals surface area contributed by atoms with Crippen LogP contribution in [0.25, 0.3) is 0 Å². The maximum atomic E-state index is 9.20. The van der Waals surface area contributed by atoms with Crippen LogP contribution in [0, 0.1) is 11.8 Å². The second-order valence-electron chi connectivity index (χ2n) is 2.01. The molecule has 1 aromatic heterocycles. The molecule has 0 unspecified atom stereocenters. The minimum absolute atomic E-state index is 0.0142. The molecule has 0 amide bonds. The van der Waals surface area contributed by atoms with E-state index in [2.05, 4.69) is 16.8 Å². The van der Waals surface area contributed by atoms with Gasteiger partial charge in [0.25, 0.3) is 0 Å². The molecule has 62 valence electrons. The van der Waals surface area contributed by atoms with E-state index in [4.69, 9.17) is 17.3 Å². The van der Waals surface area contributed by atoms with Crippen LogP contribution in [0.5, 0.6) is 5.75 Å². The van der Waals surface area contributed by atoms with Crippen LogP contribution in [0.4, 0.5) is 0 Å². The van der Waals surface area contributed by atoms with Gasteiger partial charge in [0, 0.05) is 0 Å². The standard InChI is InChI=1S/C8H7ClN2O/c9-8-4-3-7(12)6(11-8)2-1-5-10/h3-4,12H,5,10H2. The van der Waals surface area contributed by atoms with Crippen LogP contribution >= 0.6 is 11.6 Å². The van der Waals surface area contributed by atoms with E-state index in [9.17, 15) is 5.11 Å². The molecule has 1 rings (SSSR count). The summed E-state index contributed by atoms with van der Waals surface area (Å²) in [5, 5.41) is 9.50. The molecule has 4 heteroatoms. The van der Waals surface area contributed by atoms with Gasteiger partial charge in [0.1, 0.15) is 10.9 Å². The molecule has 1 heterocycles. The molecule has 3 nitrogen and oxygen atoms in total. The van der Waals surface area contributed by atoms with Crippen molar-refractivity contribution >= 4 is 11.6 Å². The molecule has 1 aromatic rings. The average molecular weight is 183 g/mol. The van der Waals surface area contributed by atoms with Crippen molar-refractivity contribution < 1.29 is 5.11 Å². The first-order valence-electron chi connectivity index (χ1n) is 3.28. The molecule has 0 aliphatic carbocycles. The summed E-state index contributed by atoms with van der Waals surface area (Å²) in [5.41, 5.74) is 5.41. The minimum Gasteiger partial charge on any atom is -0.505 e. The van der Waals surface area contributed by atoms with Crippen LogP contribution in [0.2, 0.25) is 5.15 Å². The first kappa shape index (κ1) is 8.85. The van der Waals surface area contributed by atoms with Crippen LogP contribution in [0.1, 0.15) is 5.69 Å². The molecule has 0 radical (unpaired) electrons. The molecule has 0 aliphatic rings. The Kier molecular flexibility index (Phi) is 2.92. The second-order valence-corrected chi connectivity index (χ2v) is 2.39. The van der Waals surface area contributed by atoms with Gasteiger partial charge in [-0.25, -0.2) is 4.98 Å². The van der Waals surface area contributed by atoms with Gasteiger partial charge in [-0.1, -0.05) is 17.5 Å². The van der Waals surface area contributed by atoms with E-state index in [-0.39, 0.29) is 18.0 Å². The maximum absolute atomic E-state index is 9.20. The van der Waals surface area contributed by atoms with E-state index in [1.54, 1.807) is 0 Å². The van der Waals surface area contributed by atoms with E-state index in [0.717, 1.165) is 0 Å². The fourth-order valence-corrected chi connectivity index (χ4v) is 0.802. The second kappa shape index (κ2) is 3.96. The Labute approximate surface area is 75.2 Å². The highest BCUT2D eigenvalue weighted by Crippen LogP contribution is 2.15. The Bertz CT molecular complexity index is 341. The smallest absolute Gasteiger partial charge is 0.156 e. The number of halogens is 1. The summed E-state index contributed by atoms with van der Waals surface area (Å²) in [6, 6.07) is 2.93. The third-order valence-corrected chi connectivity index (χ3v) is 1.36. The summed E-state index contributed by atoms with van der Waals surface area (Å²) in [5.74, 6) is 5.18. The van der Waals surface area contributed by atoms with Gasteiger partial charge in [-0.15, -0.1) is 0 Å². The molecule has 0 spiro atoms. The van der Waals surface area contributed by atoms with Crippen molar-refractivity contribution in [1.82, 2.24) is 4.98 Å². The fraction of sp³-hybridized carbons (Fsp3) is 0.125. The number of hydrogen-bond donors (Lipinski definition) is 2. The largest absolute Gasteiger partial charge is 0.505 e. The van der Waals surface area contributed by atoms with Crippen molar-refractivity contribution in [1.29, 1.82) is 0 Å². The minimum atomic E-state index is 0.0142. The molecule has 12 heavy (non-hydrogen) atoms. The number of nitrogens with zero attached hydrogens (tertiary/aromatic N) is 1. The lowest BCUT2D eigenvalue weighted by Gasteiger charge is -1.94. The molecule has 0 bridgehead atoms. The Morgan fingerprint density at radius 2 is 2.33 bits per heavy atom. The summed E-state index contributed by atoms with van der Waals surface area (Å²) in [4.78, 5) is 3.80. The van der Waals surface area contributed by atoms with E-state index in [0.29, 0.717) is 5.15 Å². The Hall–Kier alpha value is -1.24. The van der Waals surface area contributed by atoms with Crippen LogP contribution in [-0.4, -0.2) is 16.6 Å². The lowest BCUT2D eigenvalue weighted by Crippen LogP contribution is -1.93. The molecular formula is C8H7ClN2O. The monoisotopic (exact) mass is 182 g/mol. The summed E-state index contributed by atoms with van der Waals surface area (Å²) < 4.78 is 0. The molecule has 0 aliphatic heterocycles. The number of aromatic nitrogens is 1. The van der Waals surface area contributed by atoms with Gasteiger partial charge < -0.3 is 10.8 Å². The number of nitrogens with two attached hydrogens (primary N) is 1. The van der Waals surface area contributed by atoms with Crippen molar-refractivity contribution in [2.75, 3.05) is 6.54 Å². The highest BCUT2D eigenvalue weighted by Gasteiger charge is 1.98. The quantitative estimate of drug-likeness (QED) is 0.460. The Balaban J connectivity index is 3.05. The SMILES string of the molecule is NCC#Cc1nc(Cl)ccc1O. The third-order valence-electron chi connectivity index (χ3n) is 1.15. The Morgan fingerprint density at radius 3 is 3.00 bits per heavy atom. The first-order valence-corrected chi connectivity index (χ1v) is 3.66. The zero-order valence-electron chi connectivity index (χ0n) is 6.21. The van der Waals surface area contributed by atoms with Gasteiger partial charge >= 0.3 is 0 Å². The van der Waals surface area contributed by atoms with Crippen LogP contribution in [0.3, 0.4) is 0 Å². The summed E-state index contributed by atoms with van der Waals surface area (Å²) in [6.45, 7) is 0.230. The molecule has 0 fully saturated rings. The lowest BCUT2D eigenvalue weighted by atomic mass is 10.3. The van der Waals surface area contributed by atoms with Gasteiger partial charge in [-0.3, -0.25) is 0 Å². The number of rotatable bonds is 0. The zero-order chi connectivity index (χ0) is 8.97. The molecule has 0 aromatic carbocycles. The predicted octanol–water partition coefficient (Wildman–Crippen LogP) is 0.751. The van der Waals surface area contributed by atoms with Crippen LogP contribution in [0.15, 0.2) is 12.1 Å². The zero-order valence-corrected chi connectivity index (χ0v) is 6.97. The normalized spacial score (nSPS) is 8.83. The van der Waals surface area contributed by atoms with Crippen molar-refractivity contribution in [3.63, 3.8) is 0 Å². The first-order chi connectivity index (χ1) is 5.74.